The van der Waals surface area contributed by atoms with E-state index in [9.17, 15) is 4.79 Å². The highest BCUT2D eigenvalue weighted by Crippen LogP contribution is 2.29. The highest BCUT2D eigenvalue weighted by molar-refractivity contribution is 9.10. The van der Waals surface area contributed by atoms with Crippen LogP contribution in [0, 0.1) is 0 Å². The molecule has 1 N–H and O–H groups in total. The van der Waals surface area contributed by atoms with E-state index in [-0.39, 0.29) is 11.9 Å². The number of thiophene rings is 1. The molecule has 126 valence electrons. The van der Waals surface area contributed by atoms with Crippen LogP contribution in [0.3, 0.4) is 0 Å². The summed E-state index contributed by atoms with van der Waals surface area (Å²) in [6.45, 7) is 0.858. The smallest absolute Gasteiger partial charge is 0.250 e. The molecule has 0 spiro atoms. The minimum absolute atomic E-state index is 0.0808. The lowest BCUT2D eigenvalue weighted by Gasteiger charge is -2.25. The molecule has 0 saturated heterocycles. The highest BCUT2D eigenvalue weighted by Gasteiger charge is 2.20. The molecule has 0 fully saturated rings. The van der Waals surface area contributed by atoms with Crippen LogP contribution in [0.1, 0.15) is 17.2 Å². The molecule has 1 aliphatic heterocycles. The molecule has 0 aliphatic carbocycles. The average molecular weight is 407 g/mol. The van der Waals surface area contributed by atoms with Crippen molar-refractivity contribution in [2.75, 3.05) is 27.2 Å². The molecule has 1 aromatic carbocycles. The maximum absolute atomic E-state index is 12.5. The van der Waals surface area contributed by atoms with E-state index in [1.807, 2.05) is 38.4 Å². The average Bonchev–Trinajstić information content (AvgIpc) is 3.08. The molecule has 1 atom stereocenters. The summed E-state index contributed by atoms with van der Waals surface area (Å²) in [7, 11) is 4.04. The number of hydrogen-bond donors (Lipinski definition) is 1. The fraction of sp³-hybridized carbons (Fsp3) is 0.278. The van der Waals surface area contributed by atoms with Gasteiger partial charge in [0.1, 0.15) is 12.4 Å². The van der Waals surface area contributed by atoms with Gasteiger partial charge in [-0.25, -0.2) is 0 Å². The normalized spacial score (nSPS) is 14.6. The van der Waals surface area contributed by atoms with E-state index in [4.69, 9.17) is 4.74 Å². The van der Waals surface area contributed by atoms with Crippen molar-refractivity contribution in [3.8, 4) is 5.75 Å². The highest BCUT2D eigenvalue weighted by atomic mass is 79.9. The summed E-state index contributed by atoms with van der Waals surface area (Å²) in [5, 5.41) is 7.21. The van der Waals surface area contributed by atoms with Crippen molar-refractivity contribution >= 4 is 39.2 Å². The minimum Gasteiger partial charge on any atom is -0.488 e. The molecule has 0 unspecified atom stereocenters. The van der Waals surface area contributed by atoms with Crippen LogP contribution in [-0.2, 0) is 4.79 Å². The fourth-order valence-electron chi connectivity index (χ4n) is 2.65. The van der Waals surface area contributed by atoms with Crippen LogP contribution >= 0.6 is 27.3 Å². The van der Waals surface area contributed by atoms with Gasteiger partial charge in [0, 0.05) is 16.6 Å². The zero-order chi connectivity index (χ0) is 17.1. The second-order valence-electron chi connectivity index (χ2n) is 5.89. The van der Waals surface area contributed by atoms with E-state index >= 15 is 0 Å². The molecule has 1 aliphatic rings. The molecule has 6 heteroatoms. The number of carbonyl (C=O) groups is 1. The van der Waals surface area contributed by atoms with E-state index < -0.39 is 0 Å². The van der Waals surface area contributed by atoms with Gasteiger partial charge in [-0.05, 0) is 60.8 Å². The van der Waals surface area contributed by atoms with E-state index in [0.717, 1.165) is 15.8 Å². The zero-order valence-electron chi connectivity index (χ0n) is 13.6. The van der Waals surface area contributed by atoms with Gasteiger partial charge in [0.2, 0.25) is 0 Å². The molecular formula is C18H19BrN2O2S. The fourth-order valence-corrected chi connectivity index (χ4v) is 3.73. The molecule has 1 aromatic heterocycles. The Bertz CT molecular complexity index is 756. The Hall–Kier alpha value is -1.63. The summed E-state index contributed by atoms with van der Waals surface area (Å²) in [6, 6.07) is 8.05. The Kier molecular flexibility index (Phi) is 5.38. The first-order valence-electron chi connectivity index (χ1n) is 7.64. The van der Waals surface area contributed by atoms with Crippen LogP contribution in [0.2, 0.25) is 0 Å². The molecule has 2 heterocycles. The molecule has 1 amide bonds. The predicted molar refractivity (Wildman–Crippen MR) is 101 cm³/mol. The van der Waals surface area contributed by atoms with Crippen LogP contribution in [0.15, 0.2) is 45.1 Å². The predicted octanol–water partition coefficient (Wildman–Crippen LogP) is 3.71. The van der Waals surface area contributed by atoms with Crippen LogP contribution < -0.4 is 10.1 Å². The third-order valence-corrected chi connectivity index (χ3v) is 5.18. The molecule has 0 saturated carbocycles. The first-order valence-corrected chi connectivity index (χ1v) is 9.38. The number of ether oxygens (including phenoxy) is 1. The molecular weight excluding hydrogens is 388 g/mol. The lowest BCUT2D eigenvalue weighted by molar-refractivity contribution is -0.118. The van der Waals surface area contributed by atoms with Crippen molar-refractivity contribution in [2.24, 2.45) is 0 Å². The van der Waals surface area contributed by atoms with Crippen molar-refractivity contribution in [1.29, 1.82) is 0 Å². The van der Waals surface area contributed by atoms with Gasteiger partial charge in [-0.1, -0.05) is 15.9 Å². The lowest BCUT2D eigenvalue weighted by Crippen LogP contribution is -2.36. The second-order valence-corrected chi connectivity index (χ2v) is 7.58. The number of benzene rings is 1. The lowest BCUT2D eigenvalue weighted by atomic mass is 10.1. The summed E-state index contributed by atoms with van der Waals surface area (Å²) in [5.41, 5.74) is 2.78. The SMILES string of the molecule is CN(C)[C@H](CNC(=O)C1=Cc2cc(Br)ccc2OC1)c1ccsc1. The Morgan fingerprint density at radius 3 is 2.96 bits per heavy atom. The maximum Gasteiger partial charge on any atom is 0.250 e. The number of halogens is 1. The summed E-state index contributed by atoms with van der Waals surface area (Å²) in [4.78, 5) is 14.6. The van der Waals surface area contributed by atoms with Gasteiger partial charge in [-0.2, -0.15) is 11.3 Å². The molecule has 3 rings (SSSR count). The Morgan fingerprint density at radius 1 is 1.42 bits per heavy atom. The molecule has 24 heavy (non-hydrogen) atoms. The van der Waals surface area contributed by atoms with E-state index in [1.54, 1.807) is 11.3 Å². The van der Waals surface area contributed by atoms with Crippen LogP contribution in [-0.4, -0.2) is 38.1 Å². The van der Waals surface area contributed by atoms with Gasteiger partial charge in [-0.15, -0.1) is 0 Å². The third-order valence-electron chi connectivity index (χ3n) is 3.98. The van der Waals surface area contributed by atoms with Crippen LogP contribution in [0.25, 0.3) is 6.08 Å². The first kappa shape index (κ1) is 17.2. The van der Waals surface area contributed by atoms with Gasteiger partial charge in [0.05, 0.1) is 11.6 Å². The Labute approximate surface area is 154 Å². The van der Waals surface area contributed by atoms with Crippen molar-refractivity contribution in [3.63, 3.8) is 0 Å². The number of hydrogen-bond acceptors (Lipinski definition) is 4. The van der Waals surface area contributed by atoms with Crippen molar-refractivity contribution in [3.05, 3.63) is 56.2 Å². The van der Waals surface area contributed by atoms with E-state index in [1.165, 1.54) is 5.56 Å². The number of likely N-dealkylation sites (N-methyl/N-ethyl adjacent to an activating group) is 1. The van der Waals surface area contributed by atoms with Crippen molar-refractivity contribution in [1.82, 2.24) is 10.2 Å². The zero-order valence-corrected chi connectivity index (χ0v) is 16.0. The third kappa shape index (κ3) is 3.88. The molecule has 4 nitrogen and oxygen atoms in total. The number of rotatable bonds is 5. The van der Waals surface area contributed by atoms with Crippen LogP contribution in [0.5, 0.6) is 5.75 Å². The molecule has 0 radical (unpaired) electrons. The summed E-state index contributed by atoms with van der Waals surface area (Å²) < 4.78 is 6.65. The molecule has 2 aromatic rings. The number of amides is 1. The Morgan fingerprint density at radius 2 is 2.25 bits per heavy atom. The largest absolute Gasteiger partial charge is 0.488 e. The van der Waals surface area contributed by atoms with Gasteiger partial charge >= 0.3 is 0 Å². The summed E-state index contributed by atoms with van der Waals surface area (Å²) >= 11 is 5.11. The maximum atomic E-state index is 12.5. The van der Waals surface area contributed by atoms with E-state index in [0.29, 0.717) is 18.7 Å². The number of fused-ring (bicyclic) bond motifs is 1. The van der Waals surface area contributed by atoms with Gasteiger partial charge in [0.15, 0.2) is 0 Å². The monoisotopic (exact) mass is 406 g/mol. The van der Waals surface area contributed by atoms with Gasteiger partial charge < -0.3 is 15.0 Å². The number of nitrogens with one attached hydrogen (secondary N) is 1. The second kappa shape index (κ2) is 7.51. The number of nitrogens with zero attached hydrogens (tertiary/aromatic N) is 1. The first-order chi connectivity index (χ1) is 11.5. The van der Waals surface area contributed by atoms with Gasteiger partial charge in [0.25, 0.3) is 5.91 Å². The molecule has 0 bridgehead atoms. The summed E-state index contributed by atoms with van der Waals surface area (Å²) in [5.74, 6) is 0.724. The Balaban J connectivity index is 1.69. The quantitative estimate of drug-likeness (QED) is 0.822. The number of carbonyl (C=O) groups excluding carboxylic acids is 1. The van der Waals surface area contributed by atoms with Gasteiger partial charge in [-0.3, -0.25) is 4.79 Å². The standard InChI is InChI=1S/C18H19BrN2O2S/c1-21(2)16(12-5-6-24-11-12)9-20-18(22)14-7-13-8-15(19)3-4-17(13)23-10-14/h3-8,11,16H,9-10H2,1-2H3,(H,20,22)/t16-/m1/s1. The minimum atomic E-state index is -0.0808. The van der Waals surface area contributed by atoms with Crippen molar-refractivity contribution < 1.29 is 9.53 Å². The van der Waals surface area contributed by atoms with Crippen molar-refractivity contribution in [2.45, 2.75) is 6.04 Å². The topological polar surface area (TPSA) is 41.6 Å². The summed E-state index contributed by atoms with van der Waals surface area (Å²) in [6.07, 6.45) is 1.90. The van der Waals surface area contributed by atoms with E-state index in [2.05, 4.69) is 43.0 Å². The van der Waals surface area contributed by atoms with Crippen LogP contribution in [0.4, 0.5) is 0 Å².